The Kier molecular flexibility index (Phi) is 3.54. The fourth-order valence-electron chi connectivity index (χ4n) is 2.35. The predicted octanol–water partition coefficient (Wildman–Crippen LogP) is 2.92. The van der Waals surface area contributed by atoms with Crippen LogP contribution < -0.4 is 0 Å². The van der Waals surface area contributed by atoms with E-state index in [1.54, 1.807) is 6.20 Å². The van der Waals surface area contributed by atoms with Crippen LogP contribution in [0.2, 0.25) is 0 Å². The number of ether oxygens (including phenoxy) is 1. The van der Waals surface area contributed by atoms with Crippen molar-refractivity contribution in [2.45, 2.75) is 38.0 Å². The van der Waals surface area contributed by atoms with Crippen molar-refractivity contribution in [3.63, 3.8) is 0 Å². The molecule has 0 radical (unpaired) electrons. The van der Waals surface area contributed by atoms with Crippen molar-refractivity contribution in [2.75, 3.05) is 7.11 Å². The van der Waals surface area contributed by atoms with E-state index in [9.17, 15) is 4.79 Å². The SMILES string of the molecule is COC(=O)c1cc(C2CCCCC2)ccn1. The molecule has 0 bridgehead atoms. The molecule has 0 spiro atoms. The molecule has 1 aliphatic carbocycles. The highest BCUT2D eigenvalue weighted by atomic mass is 16.5. The van der Waals surface area contributed by atoms with E-state index >= 15 is 0 Å². The number of hydrogen-bond donors (Lipinski definition) is 0. The van der Waals surface area contributed by atoms with Gasteiger partial charge in [0.25, 0.3) is 0 Å². The summed E-state index contributed by atoms with van der Waals surface area (Å²) in [7, 11) is 1.39. The summed E-state index contributed by atoms with van der Waals surface area (Å²) in [4.78, 5) is 15.4. The lowest BCUT2D eigenvalue weighted by atomic mass is 9.84. The molecule has 2 rings (SSSR count). The van der Waals surface area contributed by atoms with E-state index in [0.29, 0.717) is 11.6 Å². The van der Waals surface area contributed by atoms with Crippen molar-refractivity contribution in [2.24, 2.45) is 0 Å². The summed E-state index contributed by atoms with van der Waals surface area (Å²) in [5.74, 6) is 0.248. The molecule has 0 atom stereocenters. The van der Waals surface area contributed by atoms with Gasteiger partial charge in [-0.25, -0.2) is 9.78 Å². The second-order valence-electron chi connectivity index (χ2n) is 4.30. The lowest BCUT2D eigenvalue weighted by Gasteiger charge is -2.21. The van der Waals surface area contributed by atoms with Crippen LogP contribution in [0.4, 0.5) is 0 Å². The summed E-state index contributed by atoms with van der Waals surface area (Å²) in [6.45, 7) is 0. The monoisotopic (exact) mass is 219 g/mol. The highest BCUT2D eigenvalue weighted by Crippen LogP contribution is 2.32. The van der Waals surface area contributed by atoms with Crippen LogP contribution in [0.5, 0.6) is 0 Å². The Bertz CT molecular complexity index is 370. The molecule has 1 aromatic heterocycles. The molecule has 0 aromatic carbocycles. The Balaban J connectivity index is 2.17. The topological polar surface area (TPSA) is 39.2 Å². The van der Waals surface area contributed by atoms with Gasteiger partial charge in [-0.1, -0.05) is 19.3 Å². The normalized spacial score (nSPS) is 17.1. The third kappa shape index (κ3) is 2.40. The van der Waals surface area contributed by atoms with Crippen LogP contribution >= 0.6 is 0 Å². The zero-order valence-corrected chi connectivity index (χ0v) is 9.61. The number of pyridine rings is 1. The van der Waals surface area contributed by atoms with Crippen LogP contribution in [0, 0.1) is 0 Å². The maximum atomic E-state index is 11.4. The number of carbonyl (C=O) groups excluding carboxylic acids is 1. The first-order chi connectivity index (χ1) is 7.81. The average Bonchev–Trinajstić information content (AvgIpc) is 2.39. The van der Waals surface area contributed by atoms with Crippen molar-refractivity contribution in [1.29, 1.82) is 0 Å². The Morgan fingerprint density at radius 2 is 2.12 bits per heavy atom. The molecule has 0 saturated heterocycles. The van der Waals surface area contributed by atoms with Crippen molar-refractivity contribution in [1.82, 2.24) is 4.98 Å². The van der Waals surface area contributed by atoms with E-state index < -0.39 is 0 Å². The van der Waals surface area contributed by atoms with E-state index in [-0.39, 0.29) is 5.97 Å². The lowest BCUT2D eigenvalue weighted by Crippen LogP contribution is -2.08. The molecule has 0 amide bonds. The Labute approximate surface area is 95.8 Å². The molecule has 0 unspecified atom stereocenters. The molecule has 16 heavy (non-hydrogen) atoms. The highest BCUT2D eigenvalue weighted by molar-refractivity contribution is 5.87. The molecule has 1 aromatic rings. The van der Waals surface area contributed by atoms with Gasteiger partial charge in [-0.2, -0.15) is 0 Å². The zero-order chi connectivity index (χ0) is 11.4. The number of hydrogen-bond acceptors (Lipinski definition) is 3. The number of aromatic nitrogens is 1. The average molecular weight is 219 g/mol. The van der Waals surface area contributed by atoms with Crippen LogP contribution in [0.15, 0.2) is 18.3 Å². The van der Waals surface area contributed by atoms with Gasteiger partial charge in [-0.3, -0.25) is 0 Å². The third-order valence-electron chi connectivity index (χ3n) is 3.26. The fourth-order valence-corrected chi connectivity index (χ4v) is 2.35. The van der Waals surface area contributed by atoms with E-state index in [1.165, 1.54) is 44.8 Å². The molecule has 1 saturated carbocycles. The first-order valence-corrected chi connectivity index (χ1v) is 5.85. The summed E-state index contributed by atoms with van der Waals surface area (Å²) in [5.41, 5.74) is 1.65. The van der Waals surface area contributed by atoms with Gasteiger partial charge < -0.3 is 4.74 Å². The van der Waals surface area contributed by atoms with Gasteiger partial charge in [-0.15, -0.1) is 0 Å². The Morgan fingerprint density at radius 1 is 1.38 bits per heavy atom. The molecule has 1 heterocycles. The molecule has 3 nitrogen and oxygen atoms in total. The summed E-state index contributed by atoms with van der Waals surface area (Å²) in [6.07, 6.45) is 8.08. The smallest absolute Gasteiger partial charge is 0.356 e. The van der Waals surface area contributed by atoms with E-state index in [1.807, 2.05) is 12.1 Å². The second-order valence-corrected chi connectivity index (χ2v) is 4.30. The molecule has 3 heteroatoms. The number of methoxy groups -OCH3 is 1. The van der Waals surface area contributed by atoms with Gasteiger partial charge >= 0.3 is 5.97 Å². The lowest BCUT2D eigenvalue weighted by molar-refractivity contribution is 0.0594. The van der Waals surface area contributed by atoms with Crippen LogP contribution in [0.3, 0.4) is 0 Å². The second kappa shape index (κ2) is 5.10. The molecule has 1 aliphatic rings. The van der Waals surface area contributed by atoms with Crippen molar-refractivity contribution in [3.8, 4) is 0 Å². The minimum atomic E-state index is -0.349. The zero-order valence-electron chi connectivity index (χ0n) is 9.61. The molecule has 0 aliphatic heterocycles. The third-order valence-corrected chi connectivity index (χ3v) is 3.26. The van der Waals surface area contributed by atoms with E-state index in [0.717, 1.165) is 0 Å². The van der Waals surface area contributed by atoms with E-state index in [4.69, 9.17) is 0 Å². The van der Waals surface area contributed by atoms with Gasteiger partial charge in [0.1, 0.15) is 5.69 Å². The van der Waals surface area contributed by atoms with Crippen molar-refractivity contribution >= 4 is 5.97 Å². The van der Waals surface area contributed by atoms with Gasteiger partial charge in [0.2, 0.25) is 0 Å². The van der Waals surface area contributed by atoms with Crippen LogP contribution in [-0.4, -0.2) is 18.1 Å². The molecule has 0 N–H and O–H groups in total. The Morgan fingerprint density at radius 3 is 2.81 bits per heavy atom. The molecule has 86 valence electrons. The molecular formula is C13H17NO2. The first kappa shape index (κ1) is 11.1. The van der Waals surface area contributed by atoms with Crippen LogP contribution in [0.1, 0.15) is 54.1 Å². The Hall–Kier alpha value is -1.38. The van der Waals surface area contributed by atoms with Gasteiger partial charge in [-0.05, 0) is 36.5 Å². The largest absolute Gasteiger partial charge is 0.464 e. The van der Waals surface area contributed by atoms with Gasteiger partial charge in [0, 0.05) is 6.20 Å². The van der Waals surface area contributed by atoms with Crippen LogP contribution in [-0.2, 0) is 4.74 Å². The number of nitrogens with zero attached hydrogens (tertiary/aromatic N) is 1. The van der Waals surface area contributed by atoms with Gasteiger partial charge in [0.05, 0.1) is 7.11 Å². The maximum absolute atomic E-state index is 11.4. The number of esters is 1. The number of carbonyl (C=O) groups is 1. The van der Waals surface area contributed by atoms with Crippen molar-refractivity contribution in [3.05, 3.63) is 29.6 Å². The summed E-state index contributed by atoms with van der Waals surface area (Å²) < 4.78 is 4.68. The molecule has 1 fully saturated rings. The van der Waals surface area contributed by atoms with Crippen molar-refractivity contribution < 1.29 is 9.53 Å². The standard InChI is InChI=1S/C13H17NO2/c1-16-13(15)12-9-11(7-8-14-12)10-5-3-2-4-6-10/h7-10H,2-6H2,1H3. The summed E-state index contributed by atoms with van der Waals surface area (Å²) >= 11 is 0. The van der Waals surface area contributed by atoms with E-state index in [2.05, 4.69) is 9.72 Å². The maximum Gasteiger partial charge on any atom is 0.356 e. The van der Waals surface area contributed by atoms with Crippen LogP contribution in [0.25, 0.3) is 0 Å². The predicted molar refractivity (Wildman–Crippen MR) is 61.4 cm³/mol. The number of rotatable bonds is 2. The highest BCUT2D eigenvalue weighted by Gasteiger charge is 2.17. The minimum Gasteiger partial charge on any atom is -0.464 e. The minimum absolute atomic E-state index is 0.349. The fraction of sp³-hybridized carbons (Fsp3) is 0.538. The quantitative estimate of drug-likeness (QED) is 0.718. The molecular weight excluding hydrogens is 202 g/mol. The first-order valence-electron chi connectivity index (χ1n) is 5.85. The summed E-state index contributed by atoms with van der Waals surface area (Å²) in [5, 5.41) is 0. The summed E-state index contributed by atoms with van der Waals surface area (Å²) in [6, 6.07) is 3.89. The van der Waals surface area contributed by atoms with Gasteiger partial charge in [0.15, 0.2) is 0 Å².